The van der Waals surface area contributed by atoms with Gasteiger partial charge in [-0.25, -0.2) is 4.39 Å². The standard InChI is InChI=1S/C23H29FN2O2/c1-22(2,3)26-10-8-23(9-11-26)7-6-17-12-18(19(24)13-21(17)28-23)20-5-4-16(15-27)14-25-20/h4-5,12-14,27H,6-11,15H2,1-3H3. The van der Waals surface area contributed by atoms with Crippen molar-refractivity contribution < 1.29 is 14.2 Å². The van der Waals surface area contributed by atoms with Crippen molar-refractivity contribution >= 4 is 0 Å². The van der Waals surface area contributed by atoms with E-state index in [0.717, 1.165) is 44.3 Å². The van der Waals surface area contributed by atoms with E-state index in [-0.39, 0.29) is 23.6 Å². The van der Waals surface area contributed by atoms with Crippen LogP contribution in [-0.2, 0) is 13.0 Å². The molecule has 1 aromatic carbocycles. The number of likely N-dealkylation sites (tertiary alicyclic amines) is 1. The van der Waals surface area contributed by atoms with Crippen LogP contribution in [0.25, 0.3) is 11.3 Å². The van der Waals surface area contributed by atoms with Crippen molar-refractivity contribution in [1.29, 1.82) is 0 Å². The molecule has 2 aromatic rings. The molecule has 2 aliphatic rings. The van der Waals surface area contributed by atoms with Crippen LogP contribution in [0, 0.1) is 5.82 Å². The summed E-state index contributed by atoms with van der Waals surface area (Å²) in [6.07, 6.45) is 5.42. The number of aromatic nitrogens is 1. The molecule has 0 aliphatic carbocycles. The molecule has 0 unspecified atom stereocenters. The summed E-state index contributed by atoms with van der Waals surface area (Å²) in [7, 11) is 0. The third-order valence-corrected chi connectivity index (χ3v) is 6.23. The lowest BCUT2D eigenvalue weighted by atomic mass is 9.81. The van der Waals surface area contributed by atoms with Gasteiger partial charge in [-0.1, -0.05) is 6.07 Å². The van der Waals surface area contributed by atoms with E-state index in [1.54, 1.807) is 18.3 Å². The van der Waals surface area contributed by atoms with Crippen molar-refractivity contribution in [2.24, 2.45) is 0 Å². The summed E-state index contributed by atoms with van der Waals surface area (Å²) in [4.78, 5) is 6.80. The van der Waals surface area contributed by atoms with Crippen LogP contribution in [0.15, 0.2) is 30.5 Å². The van der Waals surface area contributed by atoms with Crippen molar-refractivity contribution in [1.82, 2.24) is 9.88 Å². The molecular formula is C23H29FN2O2. The number of hydrogen-bond donors (Lipinski definition) is 1. The number of aliphatic hydroxyl groups excluding tert-OH is 1. The average Bonchev–Trinajstić information content (AvgIpc) is 2.67. The highest BCUT2D eigenvalue weighted by molar-refractivity contribution is 5.63. The van der Waals surface area contributed by atoms with Crippen molar-refractivity contribution in [2.45, 2.75) is 64.2 Å². The highest BCUT2D eigenvalue weighted by Crippen LogP contribution is 2.42. The van der Waals surface area contributed by atoms with Crippen LogP contribution in [0.5, 0.6) is 5.75 Å². The van der Waals surface area contributed by atoms with Crippen molar-refractivity contribution in [3.05, 3.63) is 47.4 Å². The predicted molar refractivity (Wildman–Crippen MR) is 108 cm³/mol. The lowest BCUT2D eigenvalue weighted by Gasteiger charge is -2.48. The number of ether oxygens (including phenoxy) is 1. The minimum atomic E-state index is -0.313. The molecule has 1 spiro atoms. The first-order valence-corrected chi connectivity index (χ1v) is 10.1. The molecule has 0 bridgehead atoms. The number of hydrogen-bond acceptors (Lipinski definition) is 4. The minimum Gasteiger partial charge on any atom is -0.487 e. The van der Waals surface area contributed by atoms with Gasteiger partial charge >= 0.3 is 0 Å². The fourth-order valence-corrected chi connectivity index (χ4v) is 4.35. The molecule has 2 aliphatic heterocycles. The van der Waals surface area contributed by atoms with E-state index in [9.17, 15) is 4.39 Å². The summed E-state index contributed by atoms with van der Waals surface area (Å²) in [5.41, 5.74) is 2.85. The Kier molecular flexibility index (Phi) is 4.92. The van der Waals surface area contributed by atoms with Crippen LogP contribution < -0.4 is 4.74 Å². The van der Waals surface area contributed by atoms with Gasteiger partial charge in [-0.15, -0.1) is 0 Å². The molecule has 4 nitrogen and oxygen atoms in total. The molecule has 150 valence electrons. The van der Waals surface area contributed by atoms with Crippen LogP contribution >= 0.6 is 0 Å². The zero-order valence-corrected chi connectivity index (χ0v) is 17.0. The molecule has 28 heavy (non-hydrogen) atoms. The van der Waals surface area contributed by atoms with Crippen molar-refractivity contribution in [2.75, 3.05) is 13.1 Å². The fourth-order valence-electron chi connectivity index (χ4n) is 4.35. The van der Waals surface area contributed by atoms with Gasteiger partial charge < -0.3 is 9.84 Å². The van der Waals surface area contributed by atoms with Gasteiger partial charge in [0.1, 0.15) is 17.2 Å². The van der Waals surface area contributed by atoms with E-state index in [0.29, 0.717) is 22.6 Å². The van der Waals surface area contributed by atoms with E-state index in [1.165, 1.54) is 6.07 Å². The number of nitrogens with zero attached hydrogens (tertiary/aromatic N) is 2. The molecule has 1 fully saturated rings. The Bertz CT molecular complexity index is 850. The second kappa shape index (κ2) is 7.12. The summed E-state index contributed by atoms with van der Waals surface area (Å²) < 4.78 is 21.3. The smallest absolute Gasteiger partial charge is 0.136 e. The zero-order chi connectivity index (χ0) is 19.9. The number of rotatable bonds is 2. The third kappa shape index (κ3) is 3.65. The number of pyridine rings is 1. The van der Waals surface area contributed by atoms with Crippen LogP contribution in [0.4, 0.5) is 4.39 Å². The summed E-state index contributed by atoms with van der Waals surface area (Å²) in [5.74, 6) is 0.371. The number of benzene rings is 1. The van der Waals surface area contributed by atoms with E-state index in [2.05, 4.69) is 30.7 Å². The highest BCUT2D eigenvalue weighted by atomic mass is 19.1. The Morgan fingerprint density at radius 3 is 2.54 bits per heavy atom. The molecule has 0 atom stereocenters. The maximum atomic E-state index is 14.8. The zero-order valence-electron chi connectivity index (χ0n) is 17.0. The first-order chi connectivity index (χ1) is 13.3. The van der Waals surface area contributed by atoms with Gasteiger partial charge in [0, 0.05) is 36.5 Å². The molecule has 0 saturated carbocycles. The highest BCUT2D eigenvalue weighted by Gasteiger charge is 2.41. The van der Waals surface area contributed by atoms with Gasteiger partial charge in [0.05, 0.1) is 12.3 Å². The van der Waals surface area contributed by atoms with Crippen molar-refractivity contribution in [3.8, 4) is 17.0 Å². The Labute approximate surface area is 166 Å². The van der Waals surface area contributed by atoms with Gasteiger partial charge in [0.15, 0.2) is 0 Å². The lowest BCUT2D eigenvalue weighted by molar-refractivity contribution is -0.0356. The van der Waals surface area contributed by atoms with Crippen LogP contribution in [0.3, 0.4) is 0 Å². The number of aliphatic hydroxyl groups is 1. The monoisotopic (exact) mass is 384 g/mol. The van der Waals surface area contributed by atoms with E-state index < -0.39 is 0 Å². The van der Waals surface area contributed by atoms with Gasteiger partial charge in [-0.05, 0) is 69.7 Å². The van der Waals surface area contributed by atoms with Crippen molar-refractivity contribution in [3.63, 3.8) is 0 Å². The summed E-state index contributed by atoms with van der Waals surface area (Å²) >= 11 is 0. The normalized spacial score (nSPS) is 19.3. The molecule has 4 rings (SSSR count). The molecule has 0 amide bonds. The predicted octanol–water partition coefficient (Wildman–Crippen LogP) is 4.34. The van der Waals surface area contributed by atoms with Crippen LogP contribution in [0.1, 0.15) is 51.2 Å². The minimum absolute atomic E-state index is 0.0669. The maximum absolute atomic E-state index is 14.8. The van der Waals surface area contributed by atoms with E-state index in [1.807, 2.05) is 6.07 Å². The number of aryl methyl sites for hydroxylation is 1. The van der Waals surface area contributed by atoms with Gasteiger partial charge in [0.25, 0.3) is 0 Å². The molecule has 1 aromatic heterocycles. The Morgan fingerprint density at radius 2 is 1.93 bits per heavy atom. The van der Waals surface area contributed by atoms with Crippen LogP contribution in [0.2, 0.25) is 0 Å². The SMILES string of the molecule is CC(C)(C)N1CCC2(CCc3cc(-c4ccc(CO)cn4)c(F)cc3O2)CC1. The molecule has 5 heteroatoms. The first-order valence-electron chi connectivity index (χ1n) is 10.1. The Hall–Kier alpha value is -1.98. The molecule has 1 saturated heterocycles. The summed E-state index contributed by atoms with van der Waals surface area (Å²) in [5, 5.41) is 9.16. The summed E-state index contributed by atoms with van der Waals surface area (Å²) in [6, 6.07) is 6.94. The third-order valence-electron chi connectivity index (χ3n) is 6.23. The van der Waals surface area contributed by atoms with Crippen LogP contribution in [-0.4, -0.2) is 39.2 Å². The lowest BCUT2D eigenvalue weighted by Crippen LogP contribution is -2.54. The molecule has 3 heterocycles. The second-order valence-electron chi connectivity index (χ2n) is 9.09. The van der Waals surface area contributed by atoms with Gasteiger partial charge in [-0.3, -0.25) is 9.88 Å². The summed E-state index contributed by atoms with van der Waals surface area (Å²) in [6.45, 7) is 8.71. The average molecular weight is 384 g/mol. The second-order valence-corrected chi connectivity index (χ2v) is 9.09. The molecule has 0 radical (unpaired) electrons. The topological polar surface area (TPSA) is 45.6 Å². The van der Waals surface area contributed by atoms with E-state index >= 15 is 0 Å². The number of fused-ring (bicyclic) bond motifs is 1. The number of halogens is 1. The van der Waals surface area contributed by atoms with Gasteiger partial charge in [-0.2, -0.15) is 0 Å². The fraction of sp³-hybridized carbons (Fsp3) is 0.522. The Balaban J connectivity index is 1.55. The van der Waals surface area contributed by atoms with Gasteiger partial charge in [0.2, 0.25) is 0 Å². The molecular weight excluding hydrogens is 355 g/mol. The largest absolute Gasteiger partial charge is 0.487 e. The van der Waals surface area contributed by atoms with E-state index in [4.69, 9.17) is 9.84 Å². The number of piperidine rings is 1. The Morgan fingerprint density at radius 1 is 1.18 bits per heavy atom. The quantitative estimate of drug-likeness (QED) is 0.837. The molecule has 1 N–H and O–H groups in total. The maximum Gasteiger partial charge on any atom is 0.136 e. The first kappa shape index (κ1) is 19.3.